The molecule has 0 aliphatic heterocycles. The molecule has 22 heavy (non-hydrogen) atoms. The normalized spacial score (nSPS) is 16.3. The molecule has 1 aliphatic carbocycles. The van der Waals surface area contributed by atoms with Crippen LogP contribution in [0.25, 0.3) is 17.3 Å². The predicted octanol–water partition coefficient (Wildman–Crippen LogP) is 4.75. The summed E-state index contributed by atoms with van der Waals surface area (Å²) in [6.07, 6.45) is 12.9. The molecule has 0 N–H and O–H groups in total. The second kappa shape index (κ2) is 6.82. The molecule has 0 radical (unpaired) electrons. The van der Waals surface area contributed by atoms with E-state index in [1.165, 1.54) is 32.1 Å². The predicted molar refractivity (Wildman–Crippen MR) is 90.3 cm³/mol. The van der Waals surface area contributed by atoms with Crippen LogP contribution in [0.5, 0.6) is 0 Å². The summed E-state index contributed by atoms with van der Waals surface area (Å²) in [7, 11) is 0. The van der Waals surface area contributed by atoms with Gasteiger partial charge in [-0.2, -0.15) is 0 Å². The van der Waals surface area contributed by atoms with Crippen LogP contribution in [0.1, 0.15) is 49.3 Å². The molecule has 3 nitrogen and oxygen atoms in total. The van der Waals surface area contributed by atoms with E-state index in [-0.39, 0.29) is 0 Å². The second-order valence-electron chi connectivity index (χ2n) is 6.14. The summed E-state index contributed by atoms with van der Waals surface area (Å²) in [6, 6.07) is 6.08. The van der Waals surface area contributed by atoms with Crippen molar-refractivity contribution in [2.24, 2.45) is 5.92 Å². The molecule has 0 spiro atoms. The number of nitrogens with zero attached hydrogens (tertiary/aromatic N) is 3. The first-order valence-corrected chi connectivity index (χ1v) is 8.18. The Morgan fingerprint density at radius 2 is 1.82 bits per heavy atom. The summed E-state index contributed by atoms with van der Waals surface area (Å²) in [4.78, 5) is 13.6. The largest absolute Gasteiger partial charge is 0.258 e. The van der Waals surface area contributed by atoms with Crippen LogP contribution in [0, 0.1) is 19.8 Å². The van der Waals surface area contributed by atoms with Crippen LogP contribution in [0.4, 0.5) is 0 Å². The van der Waals surface area contributed by atoms with Crippen LogP contribution < -0.4 is 0 Å². The maximum atomic E-state index is 4.68. The van der Waals surface area contributed by atoms with Crippen molar-refractivity contribution in [3.8, 4) is 11.3 Å². The summed E-state index contributed by atoms with van der Waals surface area (Å²) in [6.45, 7) is 4.04. The van der Waals surface area contributed by atoms with Crippen LogP contribution in [0.2, 0.25) is 0 Å². The molecular formula is C19H23N3. The van der Waals surface area contributed by atoms with Gasteiger partial charge in [-0.05, 0) is 56.9 Å². The summed E-state index contributed by atoms with van der Waals surface area (Å²) >= 11 is 0. The van der Waals surface area contributed by atoms with Crippen LogP contribution in [0.3, 0.4) is 0 Å². The maximum absolute atomic E-state index is 4.68. The van der Waals surface area contributed by atoms with Gasteiger partial charge in [0.05, 0.1) is 5.69 Å². The Balaban J connectivity index is 1.81. The van der Waals surface area contributed by atoms with E-state index in [2.05, 4.69) is 33.2 Å². The standard InChI is InChI=1S/C19H23N3/c1-14-8-10-17(15(2)21-14)18-12-13-20-19(22-18)11-9-16-6-4-3-5-7-16/h8-13,16H,3-7H2,1-2H3. The molecule has 0 bridgehead atoms. The third kappa shape index (κ3) is 3.59. The number of rotatable bonds is 3. The first kappa shape index (κ1) is 14.9. The zero-order valence-corrected chi connectivity index (χ0v) is 13.4. The molecule has 2 aromatic heterocycles. The molecular weight excluding hydrogens is 270 g/mol. The zero-order chi connectivity index (χ0) is 15.4. The van der Waals surface area contributed by atoms with Crippen molar-refractivity contribution in [2.75, 3.05) is 0 Å². The van der Waals surface area contributed by atoms with Crippen molar-refractivity contribution >= 4 is 6.08 Å². The van der Waals surface area contributed by atoms with Crippen molar-refractivity contribution in [2.45, 2.75) is 46.0 Å². The van der Waals surface area contributed by atoms with Crippen LogP contribution >= 0.6 is 0 Å². The molecule has 2 heterocycles. The van der Waals surface area contributed by atoms with Crippen LogP contribution in [-0.2, 0) is 0 Å². The van der Waals surface area contributed by atoms with E-state index in [1.807, 2.05) is 32.2 Å². The molecule has 0 aromatic carbocycles. The Hall–Kier alpha value is -2.03. The molecule has 1 saturated carbocycles. The molecule has 0 atom stereocenters. The number of allylic oxidation sites excluding steroid dienone is 1. The highest BCUT2D eigenvalue weighted by Gasteiger charge is 2.10. The van der Waals surface area contributed by atoms with E-state index in [9.17, 15) is 0 Å². The van der Waals surface area contributed by atoms with Crippen LogP contribution in [-0.4, -0.2) is 15.0 Å². The topological polar surface area (TPSA) is 38.7 Å². The van der Waals surface area contributed by atoms with Crippen molar-refractivity contribution in [1.29, 1.82) is 0 Å². The van der Waals surface area contributed by atoms with Gasteiger partial charge in [-0.3, -0.25) is 4.98 Å². The molecule has 2 aromatic rings. The number of aromatic nitrogens is 3. The van der Waals surface area contributed by atoms with Crippen molar-refractivity contribution < 1.29 is 0 Å². The lowest BCUT2D eigenvalue weighted by Crippen LogP contribution is -2.02. The minimum absolute atomic E-state index is 0.698. The maximum Gasteiger partial charge on any atom is 0.152 e. The van der Waals surface area contributed by atoms with Gasteiger partial charge < -0.3 is 0 Å². The van der Waals surface area contributed by atoms with Gasteiger partial charge in [0, 0.05) is 23.1 Å². The SMILES string of the molecule is Cc1ccc(-c2ccnc(C=CC3CCCCC3)n2)c(C)n1. The van der Waals surface area contributed by atoms with Crippen LogP contribution in [0.15, 0.2) is 30.5 Å². The third-order valence-corrected chi connectivity index (χ3v) is 4.34. The fourth-order valence-corrected chi connectivity index (χ4v) is 3.11. The van der Waals surface area contributed by atoms with Gasteiger partial charge in [-0.15, -0.1) is 0 Å². The minimum atomic E-state index is 0.698. The van der Waals surface area contributed by atoms with Gasteiger partial charge in [0.15, 0.2) is 5.82 Å². The van der Waals surface area contributed by atoms with Crippen molar-refractivity contribution in [3.63, 3.8) is 0 Å². The first-order valence-electron chi connectivity index (χ1n) is 8.18. The quantitative estimate of drug-likeness (QED) is 0.819. The summed E-state index contributed by atoms with van der Waals surface area (Å²) in [5.41, 5.74) is 4.08. The van der Waals surface area contributed by atoms with E-state index < -0.39 is 0 Å². The van der Waals surface area contributed by atoms with E-state index in [1.54, 1.807) is 0 Å². The first-order chi connectivity index (χ1) is 10.7. The van der Waals surface area contributed by atoms with E-state index in [4.69, 9.17) is 0 Å². The number of pyridine rings is 1. The highest BCUT2D eigenvalue weighted by atomic mass is 14.9. The van der Waals surface area contributed by atoms with Crippen molar-refractivity contribution in [1.82, 2.24) is 15.0 Å². The summed E-state index contributed by atoms with van der Waals surface area (Å²) in [5, 5.41) is 0. The molecule has 0 unspecified atom stereocenters. The lowest BCUT2D eigenvalue weighted by atomic mass is 9.89. The fraction of sp³-hybridized carbons (Fsp3) is 0.421. The Bertz CT molecular complexity index is 670. The number of hydrogen-bond acceptors (Lipinski definition) is 3. The zero-order valence-electron chi connectivity index (χ0n) is 13.4. The number of hydrogen-bond donors (Lipinski definition) is 0. The molecule has 1 aliphatic rings. The Kier molecular flexibility index (Phi) is 4.62. The highest BCUT2D eigenvalue weighted by Crippen LogP contribution is 2.25. The molecule has 0 amide bonds. The summed E-state index contributed by atoms with van der Waals surface area (Å²) in [5.74, 6) is 1.49. The van der Waals surface area contributed by atoms with E-state index >= 15 is 0 Å². The lowest BCUT2D eigenvalue weighted by molar-refractivity contribution is 0.420. The van der Waals surface area contributed by atoms with Gasteiger partial charge in [0.2, 0.25) is 0 Å². The average Bonchev–Trinajstić information content (AvgIpc) is 2.54. The van der Waals surface area contributed by atoms with Gasteiger partial charge in [0.1, 0.15) is 0 Å². The Morgan fingerprint density at radius 1 is 1.00 bits per heavy atom. The smallest absolute Gasteiger partial charge is 0.152 e. The van der Waals surface area contributed by atoms with Gasteiger partial charge in [0.25, 0.3) is 0 Å². The van der Waals surface area contributed by atoms with E-state index in [0.29, 0.717) is 5.92 Å². The Morgan fingerprint density at radius 3 is 2.59 bits per heavy atom. The summed E-state index contributed by atoms with van der Waals surface area (Å²) < 4.78 is 0. The Labute approximate surface area is 132 Å². The lowest BCUT2D eigenvalue weighted by Gasteiger charge is -2.17. The number of aryl methyl sites for hydroxylation is 2. The molecule has 114 valence electrons. The van der Waals surface area contributed by atoms with E-state index in [0.717, 1.165) is 28.5 Å². The fourth-order valence-electron chi connectivity index (χ4n) is 3.11. The average molecular weight is 293 g/mol. The van der Waals surface area contributed by atoms with Gasteiger partial charge in [-0.1, -0.05) is 25.3 Å². The second-order valence-corrected chi connectivity index (χ2v) is 6.14. The van der Waals surface area contributed by atoms with Crippen molar-refractivity contribution in [3.05, 3.63) is 47.7 Å². The molecule has 0 saturated heterocycles. The van der Waals surface area contributed by atoms with Gasteiger partial charge in [-0.25, -0.2) is 9.97 Å². The third-order valence-electron chi connectivity index (χ3n) is 4.34. The molecule has 3 heteroatoms. The monoisotopic (exact) mass is 293 g/mol. The van der Waals surface area contributed by atoms with Gasteiger partial charge >= 0.3 is 0 Å². The highest BCUT2D eigenvalue weighted by molar-refractivity contribution is 5.62. The minimum Gasteiger partial charge on any atom is -0.258 e. The molecule has 3 rings (SSSR count). The molecule has 1 fully saturated rings.